The number of nitro groups is 1. The molecule has 5 heteroatoms. The van der Waals surface area contributed by atoms with Gasteiger partial charge in [0.05, 0.1) is 11.5 Å². The van der Waals surface area contributed by atoms with Crippen molar-refractivity contribution in [2.24, 2.45) is 5.73 Å². The predicted molar refractivity (Wildman–Crippen MR) is 61.3 cm³/mol. The third-order valence-corrected chi connectivity index (χ3v) is 2.90. The first-order valence-electron chi connectivity index (χ1n) is 5.01. The van der Waals surface area contributed by atoms with Crippen LogP contribution >= 0.6 is 0 Å². The molecule has 3 N–H and O–H groups in total. The Kier molecular flexibility index (Phi) is 3.62. The fourth-order valence-corrected chi connectivity index (χ4v) is 1.46. The molecule has 0 aromatic heterocycles. The van der Waals surface area contributed by atoms with Crippen molar-refractivity contribution in [3.8, 4) is 0 Å². The summed E-state index contributed by atoms with van der Waals surface area (Å²) in [6.07, 6.45) is 0. The molecule has 0 aliphatic carbocycles. The minimum atomic E-state index is -0.627. The number of aliphatic hydroxyl groups excluding tert-OH is 1. The third kappa shape index (κ3) is 2.20. The van der Waals surface area contributed by atoms with Crippen molar-refractivity contribution in [2.45, 2.75) is 19.3 Å². The van der Waals surface area contributed by atoms with Crippen molar-refractivity contribution >= 4 is 5.69 Å². The molecule has 0 saturated heterocycles. The smallest absolute Gasteiger partial charge is 0.272 e. The summed E-state index contributed by atoms with van der Waals surface area (Å²) in [6.45, 7) is 3.56. The Hall–Kier alpha value is -1.46. The maximum atomic E-state index is 10.8. The minimum Gasteiger partial charge on any atom is -0.395 e. The average Bonchev–Trinajstić information content (AvgIpc) is 2.28. The SMILES string of the molecule is Cc1ccc(C(C)(CN)CO)cc1[N+](=O)[O-]. The second kappa shape index (κ2) is 4.59. The van der Waals surface area contributed by atoms with Crippen molar-refractivity contribution in [3.05, 3.63) is 39.4 Å². The first kappa shape index (κ1) is 12.6. The number of nitrogens with zero attached hydrogens (tertiary/aromatic N) is 1. The number of hydrogen-bond acceptors (Lipinski definition) is 4. The molecule has 1 aromatic carbocycles. The Morgan fingerprint density at radius 1 is 1.56 bits per heavy atom. The van der Waals surface area contributed by atoms with E-state index in [1.165, 1.54) is 6.07 Å². The second-order valence-corrected chi connectivity index (χ2v) is 4.18. The molecule has 0 aliphatic heterocycles. The molecule has 88 valence electrons. The van der Waals surface area contributed by atoms with E-state index in [0.29, 0.717) is 11.1 Å². The van der Waals surface area contributed by atoms with E-state index >= 15 is 0 Å². The highest BCUT2D eigenvalue weighted by atomic mass is 16.6. The van der Waals surface area contributed by atoms with Crippen LogP contribution in [0.1, 0.15) is 18.1 Å². The van der Waals surface area contributed by atoms with E-state index in [0.717, 1.165) is 0 Å². The van der Waals surface area contributed by atoms with Crippen LogP contribution in [-0.2, 0) is 5.41 Å². The molecular formula is C11H16N2O3. The van der Waals surface area contributed by atoms with E-state index in [-0.39, 0.29) is 18.8 Å². The van der Waals surface area contributed by atoms with Crippen LogP contribution in [0.2, 0.25) is 0 Å². The first-order chi connectivity index (χ1) is 7.44. The summed E-state index contributed by atoms with van der Waals surface area (Å²) in [7, 11) is 0. The Labute approximate surface area is 94.0 Å². The maximum Gasteiger partial charge on any atom is 0.272 e. The van der Waals surface area contributed by atoms with Crippen LogP contribution in [0.25, 0.3) is 0 Å². The summed E-state index contributed by atoms with van der Waals surface area (Å²) < 4.78 is 0. The van der Waals surface area contributed by atoms with Crippen molar-refractivity contribution in [1.29, 1.82) is 0 Å². The van der Waals surface area contributed by atoms with Gasteiger partial charge in [0.15, 0.2) is 0 Å². The van der Waals surface area contributed by atoms with Crippen molar-refractivity contribution < 1.29 is 10.0 Å². The van der Waals surface area contributed by atoms with Gasteiger partial charge < -0.3 is 10.8 Å². The number of nitro benzene ring substituents is 1. The molecule has 0 spiro atoms. The zero-order chi connectivity index (χ0) is 12.3. The van der Waals surface area contributed by atoms with Gasteiger partial charge in [-0.3, -0.25) is 10.1 Å². The monoisotopic (exact) mass is 224 g/mol. The molecule has 0 aliphatic rings. The Morgan fingerprint density at radius 3 is 2.62 bits per heavy atom. The van der Waals surface area contributed by atoms with Crippen LogP contribution in [0.5, 0.6) is 0 Å². The van der Waals surface area contributed by atoms with Crippen LogP contribution in [0, 0.1) is 17.0 Å². The molecule has 0 heterocycles. The average molecular weight is 224 g/mol. The van der Waals surface area contributed by atoms with Crippen LogP contribution in [0.4, 0.5) is 5.69 Å². The molecule has 0 saturated carbocycles. The first-order valence-corrected chi connectivity index (χ1v) is 5.01. The normalized spacial score (nSPS) is 14.5. The van der Waals surface area contributed by atoms with Gasteiger partial charge in [-0.1, -0.05) is 19.1 Å². The van der Waals surface area contributed by atoms with Crippen LogP contribution in [-0.4, -0.2) is 23.2 Å². The second-order valence-electron chi connectivity index (χ2n) is 4.18. The molecule has 0 amide bonds. The van der Waals surface area contributed by atoms with Gasteiger partial charge in [0.1, 0.15) is 0 Å². The molecule has 16 heavy (non-hydrogen) atoms. The largest absolute Gasteiger partial charge is 0.395 e. The maximum absolute atomic E-state index is 10.8. The van der Waals surface area contributed by atoms with Crippen molar-refractivity contribution in [3.63, 3.8) is 0 Å². The summed E-state index contributed by atoms with van der Waals surface area (Å²) in [6, 6.07) is 4.93. The summed E-state index contributed by atoms with van der Waals surface area (Å²) in [4.78, 5) is 10.4. The molecule has 1 atom stereocenters. The van der Waals surface area contributed by atoms with Crippen LogP contribution in [0.15, 0.2) is 18.2 Å². The van der Waals surface area contributed by atoms with E-state index in [9.17, 15) is 15.2 Å². The van der Waals surface area contributed by atoms with E-state index in [1.807, 2.05) is 0 Å². The number of aliphatic hydroxyl groups is 1. The lowest BCUT2D eigenvalue weighted by molar-refractivity contribution is -0.385. The van der Waals surface area contributed by atoms with Gasteiger partial charge in [-0.05, 0) is 12.5 Å². The van der Waals surface area contributed by atoms with Crippen molar-refractivity contribution in [1.82, 2.24) is 0 Å². The highest BCUT2D eigenvalue weighted by molar-refractivity contribution is 5.44. The van der Waals surface area contributed by atoms with Gasteiger partial charge in [-0.15, -0.1) is 0 Å². The zero-order valence-electron chi connectivity index (χ0n) is 9.43. The molecular weight excluding hydrogens is 208 g/mol. The standard InChI is InChI=1S/C11H16N2O3/c1-8-3-4-9(5-10(8)13(15)16)11(2,6-12)7-14/h3-5,14H,6-7,12H2,1-2H3. The van der Waals surface area contributed by atoms with E-state index < -0.39 is 10.3 Å². The lowest BCUT2D eigenvalue weighted by atomic mass is 9.83. The minimum absolute atomic E-state index is 0.0608. The van der Waals surface area contributed by atoms with Gasteiger partial charge in [-0.25, -0.2) is 0 Å². The Morgan fingerprint density at radius 2 is 2.19 bits per heavy atom. The van der Waals surface area contributed by atoms with E-state index in [4.69, 9.17) is 5.73 Å². The summed E-state index contributed by atoms with van der Waals surface area (Å²) >= 11 is 0. The zero-order valence-corrected chi connectivity index (χ0v) is 9.43. The number of hydrogen-bond donors (Lipinski definition) is 2. The van der Waals surface area contributed by atoms with Gasteiger partial charge >= 0.3 is 0 Å². The van der Waals surface area contributed by atoms with Gasteiger partial charge in [0, 0.05) is 23.6 Å². The molecule has 0 fully saturated rings. The number of benzene rings is 1. The van der Waals surface area contributed by atoms with Crippen LogP contribution in [0.3, 0.4) is 0 Å². The number of rotatable bonds is 4. The lowest BCUT2D eigenvalue weighted by Gasteiger charge is -2.25. The lowest BCUT2D eigenvalue weighted by Crippen LogP contribution is -2.35. The highest BCUT2D eigenvalue weighted by Gasteiger charge is 2.26. The molecule has 1 unspecified atom stereocenters. The summed E-state index contributed by atoms with van der Waals surface area (Å²) in [5.74, 6) is 0. The molecule has 1 rings (SSSR count). The Bertz CT molecular complexity index is 400. The third-order valence-electron chi connectivity index (χ3n) is 2.90. The predicted octanol–water partition coefficient (Wildman–Crippen LogP) is 1.11. The van der Waals surface area contributed by atoms with E-state index in [1.54, 1.807) is 26.0 Å². The number of aryl methyl sites for hydroxylation is 1. The van der Waals surface area contributed by atoms with Gasteiger partial charge in [0.25, 0.3) is 5.69 Å². The highest BCUT2D eigenvalue weighted by Crippen LogP contribution is 2.27. The molecule has 1 aromatic rings. The van der Waals surface area contributed by atoms with Crippen LogP contribution < -0.4 is 5.73 Å². The topological polar surface area (TPSA) is 89.4 Å². The fraction of sp³-hybridized carbons (Fsp3) is 0.455. The van der Waals surface area contributed by atoms with Crippen molar-refractivity contribution in [2.75, 3.05) is 13.2 Å². The quantitative estimate of drug-likeness (QED) is 0.592. The molecule has 5 nitrogen and oxygen atoms in total. The van der Waals surface area contributed by atoms with E-state index in [2.05, 4.69) is 0 Å². The molecule has 0 radical (unpaired) electrons. The number of nitrogens with two attached hydrogens (primary N) is 1. The fourth-order valence-electron chi connectivity index (χ4n) is 1.46. The van der Waals surface area contributed by atoms with Gasteiger partial charge in [0.2, 0.25) is 0 Å². The summed E-state index contributed by atoms with van der Waals surface area (Å²) in [5.41, 5.74) is 6.31. The van der Waals surface area contributed by atoms with Gasteiger partial charge in [-0.2, -0.15) is 0 Å². The Balaban J connectivity index is 3.27. The summed E-state index contributed by atoms with van der Waals surface area (Å²) in [5, 5.41) is 20.1. The molecule has 0 bridgehead atoms.